The summed E-state index contributed by atoms with van der Waals surface area (Å²) in [5.41, 5.74) is 11.5. The lowest BCUT2D eigenvalue weighted by atomic mass is 10.1. The summed E-state index contributed by atoms with van der Waals surface area (Å²) in [7, 11) is 0. The molecule has 0 saturated heterocycles. The van der Waals surface area contributed by atoms with Gasteiger partial charge in [0.2, 0.25) is 5.95 Å². The number of hydrogen-bond acceptors (Lipinski definition) is 5. The molecule has 0 aliphatic carbocycles. The minimum Gasteiger partial charge on any atom is -0.454 e. The van der Waals surface area contributed by atoms with Crippen LogP contribution in [0, 0.1) is 11.3 Å². The van der Waals surface area contributed by atoms with Gasteiger partial charge in [0.15, 0.2) is 17.2 Å². The lowest BCUT2D eigenvalue weighted by Crippen LogP contribution is -2.06. The van der Waals surface area contributed by atoms with Crippen LogP contribution in [0.5, 0.6) is 0 Å². The topological polar surface area (TPSA) is 90.4 Å². The summed E-state index contributed by atoms with van der Waals surface area (Å²) < 4.78 is 13.6. The van der Waals surface area contributed by atoms with Crippen LogP contribution >= 0.6 is 0 Å². The first kappa shape index (κ1) is 36.2. The molecule has 8 heteroatoms. The van der Waals surface area contributed by atoms with Gasteiger partial charge in [-0.3, -0.25) is 4.57 Å². The number of rotatable bonds is 5. The van der Waals surface area contributed by atoms with E-state index in [-0.39, 0.29) is 0 Å². The Hall–Kier alpha value is -9.32. The average Bonchev–Trinajstić information content (AvgIpc) is 4.12. The zero-order valence-electron chi connectivity index (χ0n) is 35.1. The number of fused-ring (bicyclic) bond motifs is 13. The monoisotopic (exact) mass is 843 g/mol. The van der Waals surface area contributed by atoms with Gasteiger partial charge in [-0.15, -0.1) is 0 Å². The first-order valence-corrected chi connectivity index (χ1v) is 21.9. The summed E-state index contributed by atoms with van der Waals surface area (Å²) in [6.45, 7) is 0. The van der Waals surface area contributed by atoms with Gasteiger partial charge in [-0.25, -0.2) is 4.98 Å². The predicted octanol–water partition coefficient (Wildman–Crippen LogP) is 14.3. The molecule has 5 heterocycles. The Morgan fingerprint density at radius 2 is 0.939 bits per heavy atom. The van der Waals surface area contributed by atoms with Gasteiger partial charge in [0.25, 0.3) is 0 Å². The number of nitrogens with zero attached hydrogens (tertiary/aromatic N) is 7. The highest BCUT2D eigenvalue weighted by Crippen LogP contribution is 2.43. The highest BCUT2D eigenvalue weighted by molar-refractivity contribution is 6.24. The van der Waals surface area contributed by atoms with Crippen LogP contribution in [0.2, 0.25) is 0 Å². The molecule has 0 saturated carbocycles. The molecule has 0 radical (unpaired) electrons. The second kappa shape index (κ2) is 13.8. The van der Waals surface area contributed by atoms with Gasteiger partial charge in [0.1, 0.15) is 11.7 Å². The molecule has 0 aliphatic heterocycles. The Labute approximate surface area is 376 Å². The maximum absolute atomic E-state index is 11.0. The molecule has 0 unspecified atom stereocenters. The van der Waals surface area contributed by atoms with Crippen molar-refractivity contribution in [2.24, 2.45) is 0 Å². The summed E-state index contributed by atoms with van der Waals surface area (Å²) in [4.78, 5) is 15.3. The van der Waals surface area contributed by atoms with E-state index in [2.05, 4.69) is 147 Å². The lowest BCUT2D eigenvalue weighted by molar-refractivity contribution is 0.671. The molecule has 8 nitrogen and oxygen atoms in total. The molecule has 0 fully saturated rings. The highest BCUT2D eigenvalue weighted by Gasteiger charge is 2.23. The first-order valence-electron chi connectivity index (χ1n) is 21.9. The van der Waals surface area contributed by atoms with Gasteiger partial charge < -0.3 is 13.6 Å². The van der Waals surface area contributed by atoms with Crippen LogP contribution in [0.15, 0.2) is 205 Å². The first-order chi connectivity index (χ1) is 32.7. The second-order valence-corrected chi connectivity index (χ2v) is 16.7. The van der Waals surface area contributed by atoms with Crippen LogP contribution in [0.25, 0.3) is 127 Å². The van der Waals surface area contributed by atoms with Gasteiger partial charge >= 0.3 is 0 Å². The van der Waals surface area contributed by atoms with Crippen molar-refractivity contribution in [3.8, 4) is 46.2 Å². The Morgan fingerprint density at radius 3 is 1.61 bits per heavy atom. The summed E-state index contributed by atoms with van der Waals surface area (Å²) in [6.07, 6.45) is 0. The molecule has 0 spiro atoms. The maximum Gasteiger partial charge on any atom is 0.238 e. The van der Waals surface area contributed by atoms with Gasteiger partial charge in [-0.2, -0.15) is 15.2 Å². The van der Waals surface area contributed by atoms with E-state index in [0.29, 0.717) is 28.7 Å². The summed E-state index contributed by atoms with van der Waals surface area (Å²) in [5.74, 6) is 1.51. The van der Waals surface area contributed by atoms with Crippen molar-refractivity contribution >= 4 is 87.4 Å². The van der Waals surface area contributed by atoms with E-state index >= 15 is 0 Å². The predicted molar refractivity (Wildman–Crippen MR) is 266 cm³/mol. The van der Waals surface area contributed by atoms with Crippen LogP contribution in [0.1, 0.15) is 5.56 Å². The van der Waals surface area contributed by atoms with E-state index in [9.17, 15) is 5.26 Å². The van der Waals surface area contributed by atoms with Crippen molar-refractivity contribution in [3.63, 3.8) is 0 Å². The van der Waals surface area contributed by atoms with Crippen molar-refractivity contribution in [2.75, 3.05) is 0 Å². The van der Waals surface area contributed by atoms with Crippen molar-refractivity contribution in [1.29, 1.82) is 5.26 Å². The van der Waals surface area contributed by atoms with E-state index in [0.717, 1.165) is 98.9 Å². The van der Waals surface area contributed by atoms with Crippen LogP contribution in [0.4, 0.5) is 0 Å². The number of hydrogen-bond donors (Lipinski definition) is 0. The third-order valence-corrected chi connectivity index (χ3v) is 13.1. The number of para-hydroxylation sites is 5. The normalized spacial score (nSPS) is 11.9. The average molecular weight is 844 g/mol. The molecular formula is C58H33N7O. The zero-order chi connectivity index (χ0) is 43.5. The molecule has 66 heavy (non-hydrogen) atoms. The lowest BCUT2D eigenvalue weighted by Gasteiger charge is -2.13. The third kappa shape index (κ3) is 5.16. The molecule has 5 aromatic heterocycles. The summed E-state index contributed by atoms with van der Waals surface area (Å²) in [6, 6.07) is 71.3. The number of aromatic nitrogens is 6. The van der Waals surface area contributed by atoms with Gasteiger partial charge in [-0.05, 0) is 66.7 Å². The molecule has 14 aromatic rings. The van der Waals surface area contributed by atoms with Crippen molar-refractivity contribution < 1.29 is 4.42 Å². The zero-order valence-corrected chi connectivity index (χ0v) is 35.1. The maximum atomic E-state index is 11.0. The van der Waals surface area contributed by atoms with E-state index in [1.807, 2.05) is 72.8 Å². The van der Waals surface area contributed by atoms with Crippen LogP contribution in [-0.2, 0) is 0 Å². The van der Waals surface area contributed by atoms with Crippen LogP contribution in [0.3, 0.4) is 0 Å². The molecule has 0 bridgehead atoms. The fraction of sp³-hybridized carbons (Fsp3) is 0. The van der Waals surface area contributed by atoms with Crippen LogP contribution < -0.4 is 0 Å². The molecule has 0 amide bonds. The molecule has 0 atom stereocenters. The van der Waals surface area contributed by atoms with Gasteiger partial charge in [0.05, 0.1) is 44.4 Å². The molecule has 0 aliphatic rings. The van der Waals surface area contributed by atoms with E-state index < -0.39 is 0 Å². The van der Waals surface area contributed by atoms with E-state index in [4.69, 9.17) is 19.4 Å². The Balaban J connectivity index is 0.978. The summed E-state index contributed by atoms with van der Waals surface area (Å²) >= 11 is 0. The molecule has 306 valence electrons. The van der Waals surface area contributed by atoms with Crippen molar-refractivity contribution in [3.05, 3.63) is 206 Å². The number of furan rings is 1. The van der Waals surface area contributed by atoms with Crippen molar-refractivity contribution in [1.82, 2.24) is 28.7 Å². The Morgan fingerprint density at radius 1 is 0.394 bits per heavy atom. The molecular weight excluding hydrogens is 811 g/mol. The number of nitriles is 1. The van der Waals surface area contributed by atoms with Crippen LogP contribution in [-0.4, -0.2) is 28.7 Å². The van der Waals surface area contributed by atoms with E-state index in [1.54, 1.807) is 0 Å². The fourth-order valence-corrected chi connectivity index (χ4v) is 10.3. The molecule has 0 N–H and O–H groups in total. The van der Waals surface area contributed by atoms with Crippen molar-refractivity contribution in [2.45, 2.75) is 0 Å². The molecule has 14 rings (SSSR count). The minimum atomic E-state index is 0.467. The largest absolute Gasteiger partial charge is 0.454 e. The molecule has 9 aromatic carbocycles. The fourth-order valence-electron chi connectivity index (χ4n) is 10.3. The standard InChI is InChI=1S/C58H33N7O/c59-34-37-31-36(57-60-56(35-15-3-1-4-16-35)61-58(62-57)65-50-25-13-7-19-39(50)40-20-8-14-26-51(40)65)27-30-47(37)64-49-24-12-10-22-42(49)45-32-46-44-29-28-43-41-21-9-11-23-48(41)63(38-17-5-2-6-18-38)54(43)55(44)66-53(46)33-52(45)64/h1-33H. The summed E-state index contributed by atoms with van der Waals surface area (Å²) in [5, 5.41) is 19.8. The van der Waals surface area contributed by atoms with Gasteiger partial charge in [-0.1, -0.05) is 127 Å². The van der Waals surface area contributed by atoms with Gasteiger partial charge in [0, 0.05) is 66.0 Å². The highest BCUT2D eigenvalue weighted by atomic mass is 16.3. The smallest absolute Gasteiger partial charge is 0.238 e. The Bertz CT molecular complexity index is 4310. The van der Waals surface area contributed by atoms with E-state index in [1.165, 1.54) is 5.39 Å². The third-order valence-electron chi connectivity index (χ3n) is 13.1. The minimum absolute atomic E-state index is 0.467. The number of benzene rings is 9. The SMILES string of the molecule is N#Cc1cc(-c2nc(-c3ccccc3)nc(-n3c4ccccc4c4ccccc43)n2)ccc1-n1c2ccccc2c2cc3c(cc21)oc1c3ccc2c3ccccc3n(-c3ccccc3)c21. The second-order valence-electron chi connectivity index (χ2n) is 16.7. The Kier molecular flexibility index (Phi) is 7.59. The quantitative estimate of drug-likeness (QED) is 0.172.